The van der Waals surface area contributed by atoms with Crippen molar-refractivity contribution in [1.82, 2.24) is 9.88 Å². The quantitative estimate of drug-likeness (QED) is 0.469. The summed E-state index contributed by atoms with van der Waals surface area (Å²) in [5.41, 5.74) is 4.19. The summed E-state index contributed by atoms with van der Waals surface area (Å²) in [4.78, 5) is 37.1. The van der Waals surface area contributed by atoms with E-state index in [4.69, 9.17) is 14.9 Å². The molecule has 3 aliphatic rings. The van der Waals surface area contributed by atoms with Crippen LogP contribution < -0.4 is 0 Å². The summed E-state index contributed by atoms with van der Waals surface area (Å²) in [6, 6.07) is 7.20. The Kier molecular flexibility index (Phi) is 6.83. The predicted octanol–water partition coefficient (Wildman–Crippen LogP) is 3.18. The van der Waals surface area contributed by atoms with Gasteiger partial charge in [-0.1, -0.05) is 18.6 Å². The molecule has 1 aromatic carbocycles. The number of carbonyl (C=O) groups excluding carboxylic acids is 1. The van der Waals surface area contributed by atoms with Crippen LogP contribution in [0.25, 0.3) is 10.9 Å². The molecular weight excluding hydrogens is 424 g/mol. The number of piperidine rings is 1. The average molecular weight is 455 g/mol. The minimum absolute atomic E-state index is 0.0368. The van der Waals surface area contributed by atoms with Gasteiger partial charge in [-0.25, -0.2) is 9.59 Å². The first-order valence-electron chi connectivity index (χ1n) is 11.4. The number of rotatable bonds is 5. The average Bonchev–Trinajstić information content (AvgIpc) is 3.15. The van der Waals surface area contributed by atoms with Gasteiger partial charge in [-0.2, -0.15) is 0 Å². The zero-order chi connectivity index (χ0) is 23.5. The number of nitrogens with one attached hydrogen (secondary N) is 1. The molecule has 2 aromatic rings. The molecule has 1 aliphatic heterocycles. The Balaban J connectivity index is 0.000000281. The lowest BCUT2D eigenvalue weighted by Gasteiger charge is -2.45. The molecule has 3 N–H and O–H groups in total. The molecule has 2 aliphatic carbocycles. The lowest BCUT2D eigenvalue weighted by molar-refractivity contribution is -0.153. The van der Waals surface area contributed by atoms with Crippen LogP contribution in [0.1, 0.15) is 42.7 Å². The van der Waals surface area contributed by atoms with Crippen LogP contribution in [0.4, 0.5) is 0 Å². The van der Waals surface area contributed by atoms with E-state index in [9.17, 15) is 14.4 Å². The number of hydrogen-bond donors (Lipinski definition) is 3. The summed E-state index contributed by atoms with van der Waals surface area (Å²) in [7, 11) is 2.23. The van der Waals surface area contributed by atoms with Crippen LogP contribution in [0.2, 0.25) is 0 Å². The number of esters is 1. The van der Waals surface area contributed by atoms with Crippen molar-refractivity contribution in [2.75, 3.05) is 20.2 Å². The van der Waals surface area contributed by atoms with E-state index in [-0.39, 0.29) is 11.9 Å². The molecule has 0 spiro atoms. The van der Waals surface area contributed by atoms with E-state index in [1.54, 1.807) is 0 Å². The molecule has 0 bridgehead atoms. The Morgan fingerprint density at radius 3 is 2.55 bits per heavy atom. The molecule has 2 fully saturated rings. The standard InChI is InChI=1S/C21H26N2O2.C4H4O4/c1-23-11-13(12-25-21(24)14-4-2-5-14)8-17-16-6-3-7-18-20(16)15(10-22-18)9-19(17)23;5-3(6)1-2-4(7)8/h3,6-7,10,13-14,17,19,22H,2,4-5,8-9,11-12H2,1H3;1-2H,(H,5,6)(H,7,8)/b;2-1-/t13-,17-,19-;/m1./s1. The van der Waals surface area contributed by atoms with Gasteiger partial charge in [-0.3, -0.25) is 4.79 Å². The van der Waals surface area contributed by atoms with Crippen molar-refractivity contribution >= 4 is 28.8 Å². The number of aromatic amines is 1. The van der Waals surface area contributed by atoms with Crippen LogP contribution in [-0.2, 0) is 25.5 Å². The Morgan fingerprint density at radius 2 is 1.91 bits per heavy atom. The molecule has 0 radical (unpaired) electrons. The second kappa shape index (κ2) is 9.79. The largest absolute Gasteiger partial charge is 0.478 e. The number of benzene rings is 1. The molecule has 0 amide bonds. The summed E-state index contributed by atoms with van der Waals surface area (Å²) in [6.45, 7) is 1.60. The number of hydrogen-bond acceptors (Lipinski definition) is 5. The number of ether oxygens (including phenoxy) is 1. The van der Waals surface area contributed by atoms with E-state index in [0.717, 1.165) is 32.2 Å². The molecule has 8 nitrogen and oxygen atoms in total. The summed E-state index contributed by atoms with van der Waals surface area (Å²) >= 11 is 0. The van der Waals surface area contributed by atoms with Crippen molar-refractivity contribution in [2.45, 2.75) is 44.1 Å². The number of H-pyrrole nitrogens is 1. The summed E-state index contributed by atoms with van der Waals surface area (Å²) in [5.74, 6) is -1.32. The number of fused-ring (bicyclic) bond motifs is 2. The van der Waals surface area contributed by atoms with Gasteiger partial charge in [0.1, 0.15) is 0 Å². The number of likely N-dealkylation sites (N-methyl/N-ethyl adjacent to an activating group) is 1. The lowest BCUT2D eigenvalue weighted by Crippen LogP contribution is -2.49. The molecule has 1 saturated carbocycles. The first-order valence-corrected chi connectivity index (χ1v) is 11.4. The molecule has 0 unspecified atom stereocenters. The molecular formula is C25H30N2O6. The van der Waals surface area contributed by atoms with Crippen molar-refractivity contribution in [3.05, 3.63) is 47.7 Å². The number of aliphatic carboxylic acids is 2. The van der Waals surface area contributed by atoms with Crippen molar-refractivity contribution in [3.8, 4) is 0 Å². The van der Waals surface area contributed by atoms with Crippen molar-refractivity contribution in [2.24, 2.45) is 11.8 Å². The van der Waals surface area contributed by atoms with Crippen LogP contribution >= 0.6 is 0 Å². The van der Waals surface area contributed by atoms with Crippen LogP contribution in [-0.4, -0.2) is 64.2 Å². The fraction of sp³-hybridized carbons (Fsp3) is 0.480. The number of nitrogens with zero attached hydrogens (tertiary/aromatic N) is 1. The van der Waals surface area contributed by atoms with Gasteiger partial charge in [0.25, 0.3) is 0 Å². The zero-order valence-electron chi connectivity index (χ0n) is 18.7. The molecule has 3 atom stereocenters. The predicted molar refractivity (Wildman–Crippen MR) is 122 cm³/mol. The first kappa shape index (κ1) is 23.0. The lowest BCUT2D eigenvalue weighted by atomic mass is 9.72. The van der Waals surface area contributed by atoms with Gasteiger partial charge in [0, 0.05) is 53.7 Å². The normalized spacial score (nSPS) is 24.5. The van der Waals surface area contributed by atoms with Gasteiger partial charge in [0.15, 0.2) is 0 Å². The molecule has 5 rings (SSSR count). The second-order valence-electron chi connectivity index (χ2n) is 9.27. The van der Waals surface area contributed by atoms with Gasteiger partial charge in [0.2, 0.25) is 0 Å². The smallest absolute Gasteiger partial charge is 0.328 e. The van der Waals surface area contributed by atoms with E-state index in [1.165, 1.54) is 28.5 Å². The topological polar surface area (TPSA) is 120 Å². The Bertz CT molecular complexity index is 1050. The molecule has 33 heavy (non-hydrogen) atoms. The number of carboxylic acids is 2. The van der Waals surface area contributed by atoms with E-state index >= 15 is 0 Å². The molecule has 1 saturated heterocycles. The molecule has 1 aromatic heterocycles. The van der Waals surface area contributed by atoms with E-state index in [1.807, 2.05) is 0 Å². The highest BCUT2D eigenvalue weighted by atomic mass is 16.5. The number of likely N-dealkylation sites (tertiary alicyclic amines) is 1. The van der Waals surface area contributed by atoms with Crippen LogP contribution in [0.5, 0.6) is 0 Å². The SMILES string of the molecule is CN1C[C@H](COC(=O)C2CCC2)C[C@@H]2c3cccc4[nH]cc(c34)C[C@H]21.O=C(O)/C=C\C(=O)O. The third-order valence-electron chi connectivity index (χ3n) is 7.08. The molecule has 176 valence electrons. The van der Waals surface area contributed by atoms with Crippen LogP contribution in [0, 0.1) is 11.8 Å². The fourth-order valence-electron chi connectivity index (χ4n) is 5.28. The minimum atomic E-state index is -1.26. The first-order chi connectivity index (χ1) is 15.8. The minimum Gasteiger partial charge on any atom is -0.478 e. The zero-order valence-corrected chi connectivity index (χ0v) is 18.7. The van der Waals surface area contributed by atoms with Crippen molar-refractivity contribution < 1.29 is 29.3 Å². The highest BCUT2D eigenvalue weighted by molar-refractivity contribution is 5.89. The van der Waals surface area contributed by atoms with E-state index in [0.29, 0.717) is 36.6 Å². The van der Waals surface area contributed by atoms with E-state index in [2.05, 4.69) is 41.3 Å². The van der Waals surface area contributed by atoms with Crippen LogP contribution in [0.15, 0.2) is 36.5 Å². The van der Waals surface area contributed by atoms with Crippen molar-refractivity contribution in [1.29, 1.82) is 0 Å². The summed E-state index contributed by atoms with van der Waals surface area (Å²) < 4.78 is 5.67. The van der Waals surface area contributed by atoms with Gasteiger partial charge >= 0.3 is 17.9 Å². The Labute approximate surface area is 192 Å². The van der Waals surface area contributed by atoms with E-state index < -0.39 is 11.9 Å². The van der Waals surface area contributed by atoms with Gasteiger partial charge < -0.3 is 24.8 Å². The third-order valence-corrected chi connectivity index (χ3v) is 7.08. The third kappa shape index (κ3) is 5.11. The fourth-order valence-corrected chi connectivity index (χ4v) is 5.28. The number of carbonyl (C=O) groups is 3. The maximum atomic E-state index is 12.1. The molecule has 8 heteroatoms. The monoisotopic (exact) mass is 454 g/mol. The van der Waals surface area contributed by atoms with Gasteiger partial charge in [0.05, 0.1) is 12.5 Å². The summed E-state index contributed by atoms with van der Waals surface area (Å²) in [5, 5.41) is 17.1. The Hall–Kier alpha value is -3.13. The highest BCUT2D eigenvalue weighted by Gasteiger charge is 2.40. The van der Waals surface area contributed by atoms with Crippen molar-refractivity contribution in [3.63, 3.8) is 0 Å². The van der Waals surface area contributed by atoms with Gasteiger partial charge in [-0.15, -0.1) is 0 Å². The summed E-state index contributed by atoms with van der Waals surface area (Å²) in [6.07, 6.45) is 8.76. The Morgan fingerprint density at radius 1 is 1.18 bits per heavy atom. The van der Waals surface area contributed by atoms with Gasteiger partial charge in [-0.05, 0) is 49.9 Å². The molecule has 2 heterocycles. The maximum Gasteiger partial charge on any atom is 0.328 e. The number of aromatic nitrogens is 1. The highest BCUT2D eigenvalue weighted by Crippen LogP contribution is 2.44. The second-order valence-corrected chi connectivity index (χ2v) is 9.27. The number of carboxylic acid groups (broad SMARTS) is 2. The van der Waals surface area contributed by atoms with Crippen LogP contribution in [0.3, 0.4) is 0 Å². The maximum absolute atomic E-state index is 12.1.